The molecule has 1 amide bonds. The second-order valence-electron chi connectivity index (χ2n) is 4.11. The molecule has 0 atom stereocenters. The van der Waals surface area contributed by atoms with Gasteiger partial charge >= 0.3 is 5.97 Å². The average molecular weight is 310 g/mol. The van der Waals surface area contributed by atoms with Crippen LogP contribution in [0.4, 0.5) is 0 Å². The SMILES string of the molecule is O=C(CCc1cccs1)NCCc1nc(C(=O)O)cs1. The van der Waals surface area contributed by atoms with Gasteiger partial charge in [0.25, 0.3) is 0 Å². The van der Waals surface area contributed by atoms with E-state index in [0.717, 1.165) is 11.4 Å². The number of carboxylic acid groups (broad SMARTS) is 1. The summed E-state index contributed by atoms with van der Waals surface area (Å²) in [7, 11) is 0. The molecule has 2 rings (SSSR count). The number of rotatable bonds is 7. The number of carboxylic acids is 1. The first-order valence-corrected chi connectivity index (χ1v) is 7.88. The predicted octanol–water partition coefficient (Wildman–Crippen LogP) is 2.19. The Morgan fingerprint density at radius 1 is 1.30 bits per heavy atom. The zero-order valence-corrected chi connectivity index (χ0v) is 12.3. The number of thiophene rings is 1. The van der Waals surface area contributed by atoms with Crippen molar-refractivity contribution in [3.8, 4) is 0 Å². The normalized spacial score (nSPS) is 10.4. The fraction of sp³-hybridized carbons (Fsp3) is 0.308. The Bertz CT molecular complexity index is 578. The Hall–Kier alpha value is -1.73. The molecule has 2 aromatic rings. The molecule has 0 aliphatic carbocycles. The first-order chi connectivity index (χ1) is 9.65. The molecule has 0 aliphatic heterocycles. The van der Waals surface area contributed by atoms with E-state index in [2.05, 4.69) is 10.3 Å². The molecule has 5 nitrogen and oxygen atoms in total. The van der Waals surface area contributed by atoms with Gasteiger partial charge in [-0.2, -0.15) is 0 Å². The Labute approximate surface area is 124 Å². The van der Waals surface area contributed by atoms with Gasteiger partial charge in [0.15, 0.2) is 5.69 Å². The maximum Gasteiger partial charge on any atom is 0.355 e. The molecule has 0 bridgehead atoms. The quantitative estimate of drug-likeness (QED) is 0.821. The third kappa shape index (κ3) is 4.43. The number of aromatic nitrogens is 1. The van der Waals surface area contributed by atoms with Crippen LogP contribution < -0.4 is 5.32 Å². The monoisotopic (exact) mass is 310 g/mol. The van der Waals surface area contributed by atoms with Crippen LogP contribution in [-0.4, -0.2) is 28.5 Å². The van der Waals surface area contributed by atoms with Gasteiger partial charge in [0.05, 0.1) is 5.01 Å². The van der Waals surface area contributed by atoms with E-state index < -0.39 is 5.97 Å². The van der Waals surface area contributed by atoms with Gasteiger partial charge < -0.3 is 10.4 Å². The molecule has 2 heterocycles. The van der Waals surface area contributed by atoms with Crippen LogP contribution in [0.25, 0.3) is 0 Å². The second kappa shape index (κ2) is 7.16. The topological polar surface area (TPSA) is 79.3 Å². The Kier molecular flexibility index (Phi) is 5.25. The van der Waals surface area contributed by atoms with Gasteiger partial charge in [-0.15, -0.1) is 22.7 Å². The summed E-state index contributed by atoms with van der Waals surface area (Å²) in [5, 5.41) is 15.8. The minimum Gasteiger partial charge on any atom is -0.476 e. The zero-order chi connectivity index (χ0) is 14.4. The molecule has 7 heteroatoms. The number of hydrogen-bond donors (Lipinski definition) is 2. The maximum absolute atomic E-state index is 11.6. The number of hydrogen-bond acceptors (Lipinski definition) is 5. The molecule has 106 valence electrons. The summed E-state index contributed by atoms with van der Waals surface area (Å²) in [6.07, 6.45) is 1.78. The minimum absolute atomic E-state index is 0.00779. The van der Waals surface area contributed by atoms with Gasteiger partial charge in [-0.1, -0.05) is 6.07 Å². The average Bonchev–Trinajstić information content (AvgIpc) is 3.07. The molecule has 0 saturated heterocycles. The van der Waals surface area contributed by atoms with E-state index in [-0.39, 0.29) is 11.6 Å². The smallest absolute Gasteiger partial charge is 0.355 e. The molecule has 0 spiro atoms. The van der Waals surface area contributed by atoms with Crippen molar-refractivity contribution in [2.45, 2.75) is 19.3 Å². The van der Waals surface area contributed by atoms with Crippen molar-refractivity contribution in [1.29, 1.82) is 0 Å². The first kappa shape index (κ1) is 14.7. The van der Waals surface area contributed by atoms with E-state index >= 15 is 0 Å². The van der Waals surface area contributed by atoms with Gasteiger partial charge in [-0.05, 0) is 17.9 Å². The zero-order valence-electron chi connectivity index (χ0n) is 10.7. The van der Waals surface area contributed by atoms with E-state index in [1.165, 1.54) is 21.6 Å². The van der Waals surface area contributed by atoms with Crippen molar-refractivity contribution in [1.82, 2.24) is 10.3 Å². The maximum atomic E-state index is 11.6. The number of carbonyl (C=O) groups is 2. The van der Waals surface area contributed by atoms with E-state index in [4.69, 9.17) is 5.11 Å². The lowest BCUT2D eigenvalue weighted by Gasteiger charge is -2.02. The molecular weight excluding hydrogens is 296 g/mol. The summed E-state index contributed by atoms with van der Waals surface area (Å²) < 4.78 is 0. The molecule has 2 N–H and O–H groups in total. The number of carbonyl (C=O) groups excluding carboxylic acids is 1. The fourth-order valence-electron chi connectivity index (χ4n) is 1.61. The van der Waals surface area contributed by atoms with Crippen molar-refractivity contribution < 1.29 is 14.7 Å². The Balaban J connectivity index is 1.67. The fourth-order valence-corrected chi connectivity index (χ4v) is 3.09. The van der Waals surface area contributed by atoms with Crippen molar-refractivity contribution in [2.24, 2.45) is 0 Å². The van der Waals surface area contributed by atoms with Gasteiger partial charge in [0.1, 0.15) is 0 Å². The second-order valence-corrected chi connectivity index (χ2v) is 6.09. The van der Waals surface area contributed by atoms with E-state index in [1.807, 2.05) is 17.5 Å². The summed E-state index contributed by atoms with van der Waals surface area (Å²) in [5.41, 5.74) is 0.0639. The van der Waals surface area contributed by atoms with Gasteiger partial charge in [-0.25, -0.2) is 9.78 Å². The largest absolute Gasteiger partial charge is 0.476 e. The van der Waals surface area contributed by atoms with Crippen molar-refractivity contribution in [2.75, 3.05) is 6.54 Å². The standard InChI is InChI=1S/C13H14N2O3S2/c16-11(4-3-9-2-1-7-19-9)14-6-5-12-15-10(8-20-12)13(17)18/h1-2,7-8H,3-6H2,(H,14,16)(H,17,18). The van der Waals surface area contributed by atoms with E-state index in [9.17, 15) is 9.59 Å². The van der Waals surface area contributed by atoms with Crippen LogP contribution in [0.1, 0.15) is 26.8 Å². The number of thiazole rings is 1. The van der Waals surface area contributed by atoms with E-state index in [1.54, 1.807) is 11.3 Å². The highest BCUT2D eigenvalue weighted by atomic mass is 32.1. The highest BCUT2D eigenvalue weighted by Crippen LogP contribution is 2.11. The summed E-state index contributed by atoms with van der Waals surface area (Å²) in [6.45, 7) is 0.482. The molecule has 0 aromatic carbocycles. The van der Waals surface area contributed by atoms with Crippen LogP contribution in [0.3, 0.4) is 0 Å². The molecule has 0 fully saturated rings. The molecule has 0 unspecified atom stereocenters. The summed E-state index contributed by atoms with van der Waals surface area (Å²) in [6, 6.07) is 3.99. The molecular formula is C13H14N2O3S2. The number of amides is 1. The van der Waals surface area contributed by atoms with Gasteiger partial charge in [-0.3, -0.25) is 4.79 Å². The van der Waals surface area contributed by atoms with Crippen LogP contribution in [0.15, 0.2) is 22.9 Å². The van der Waals surface area contributed by atoms with Crippen LogP contribution in [0.2, 0.25) is 0 Å². The Morgan fingerprint density at radius 3 is 2.80 bits per heavy atom. The molecule has 2 aromatic heterocycles. The highest BCUT2D eigenvalue weighted by Gasteiger charge is 2.09. The molecule has 0 aliphatic rings. The summed E-state index contributed by atoms with van der Waals surface area (Å²) >= 11 is 2.95. The molecule has 0 radical (unpaired) electrons. The number of nitrogens with one attached hydrogen (secondary N) is 1. The highest BCUT2D eigenvalue weighted by molar-refractivity contribution is 7.10. The third-order valence-electron chi connectivity index (χ3n) is 2.61. The lowest BCUT2D eigenvalue weighted by Crippen LogP contribution is -2.25. The Morgan fingerprint density at radius 2 is 2.15 bits per heavy atom. The van der Waals surface area contributed by atoms with Crippen molar-refractivity contribution in [3.05, 3.63) is 38.5 Å². The lowest BCUT2D eigenvalue weighted by molar-refractivity contribution is -0.121. The number of aromatic carboxylic acids is 1. The third-order valence-corrected chi connectivity index (χ3v) is 4.46. The minimum atomic E-state index is -1.02. The van der Waals surface area contributed by atoms with Crippen LogP contribution in [0, 0.1) is 0 Å². The predicted molar refractivity (Wildman–Crippen MR) is 78.4 cm³/mol. The molecule has 20 heavy (non-hydrogen) atoms. The van der Waals surface area contributed by atoms with Gasteiger partial charge in [0, 0.05) is 29.6 Å². The summed E-state index contributed by atoms with van der Waals surface area (Å²) in [4.78, 5) is 27.5. The summed E-state index contributed by atoms with van der Waals surface area (Å²) in [5.74, 6) is -1.01. The number of nitrogens with zero attached hydrogens (tertiary/aromatic N) is 1. The first-order valence-electron chi connectivity index (χ1n) is 6.12. The van der Waals surface area contributed by atoms with Crippen LogP contribution in [-0.2, 0) is 17.6 Å². The number of aryl methyl sites for hydroxylation is 1. The molecule has 0 saturated carbocycles. The van der Waals surface area contributed by atoms with Crippen molar-refractivity contribution >= 4 is 34.6 Å². The van der Waals surface area contributed by atoms with Crippen LogP contribution in [0.5, 0.6) is 0 Å². The van der Waals surface area contributed by atoms with E-state index in [0.29, 0.717) is 19.4 Å². The lowest BCUT2D eigenvalue weighted by atomic mass is 10.2. The van der Waals surface area contributed by atoms with Crippen LogP contribution >= 0.6 is 22.7 Å². The van der Waals surface area contributed by atoms with Gasteiger partial charge in [0.2, 0.25) is 5.91 Å². The van der Waals surface area contributed by atoms with Crippen molar-refractivity contribution in [3.63, 3.8) is 0 Å².